The van der Waals surface area contributed by atoms with Crippen molar-refractivity contribution in [3.8, 4) is 0 Å². The molecule has 0 spiro atoms. The molecule has 1 aromatic carbocycles. The number of halogens is 3. The van der Waals surface area contributed by atoms with Crippen LogP contribution in [0.2, 0.25) is 5.02 Å². The van der Waals surface area contributed by atoms with Crippen molar-refractivity contribution in [1.29, 1.82) is 0 Å². The van der Waals surface area contributed by atoms with Crippen LogP contribution in [0.3, 0.4) is 0 Å². The summed E-state index contributed by atoms with van der Waals surface area (Å²) >= 11 is 9.18. The molecule has 0 radical (unpaired) electrons. The van der Waals surface area contributed by atoms with E-state index >= 15 is 0 Å². The quantitative estimate of drug-likeness (QED) is 0.720. The third-order valence-corrected chi connectivity index (χ3v) is 3.39. The molecule has 6 nitrogen and oxygen atoms in total. The summed E-state index contributed by atoms with van der Waals surface area (Å²) in [6.07, 6.45) is 0. The lowest BCUT2D eigenvalue weighted by Gasteiger charge is -2.06. The zero-order chi connectivity index (χ0) is 15.2. The van der Waals surface area contributed by atoms with E-state index in [4.69, 9.17) is 20.8 Å². The third-order valence-electron chi connectivity index (χ3n) is 2.46. The predicted molar refractivity (Wildman–Crippen MR) is 80.3 cm³/mol. The van der Waals surface area contributed by atoms with Gasteiger partial charge in [-0.05, 0) is 28.1 Å². The van der Waals surface area contributed by atoms with Crippen molar-refractivity contribution in [2.75, 3.05) is 25.6 Å². The van der Waals surface area contributed by atoms with E-state index in [9.17, 15) is 4.39 Å². The van der Waals surface area contributed by atoms with Gasteiger partial charge in [0, 0.05) is 18.1 Å². The maximum Gasteiger partial charge on any atom is 0.320 e. The number of rotatable bonds is 7. The van der Waals surface area contributed by atoms with E-state index in [0.717, 1.165) is 0 Å². The van der Waals surface area contributed by atoms with Gasteiger partial charge in [0.15, 0.2) is 0 Å². The standard InChI is InChI=1S/C12H13BrClFN4O2/c1-20-3-2-16-6-10-18-19-12(21-10)17-11-8(13)4-7(15)5-9(11)14/h4-5,16H,2-3,6H2,1H3,(H,17,19). The molecule has 2 rings (SSSR count). The van der Waals surface area contributed by atoms with E-state index < -0.39 is 5.82 Å². The monoisotopic (exact) mass is 378 g/mol. The summed E-state index contributed by atoms with van der Waals surface area (Å²) in [6.45, 7) is 1.70. The number of benzene rings is 1. The maximum atomic E-state index is 13.1. The Labute approximate surface area is 134 Å². The average Bonchev–Trinajstić information content (AvgIpc) is 2.87. The molecule has 0 bridgehead atoms. The number of anilines is 2. The van der Waals surface area contributed by atoms with Gasteiger partial charge in [-0.3, -0.25) is 0 Å². The van der Waals surface area contributed by atoms with Crippen LogP contribution >= 0.6 is 27.5 Å². The fraction of sp³-hybridized carbons (Fsp3) is 0.333. The Hall–Kier alpha value is -1.22. The van der Waals surface area contributed by atoms with Crippen LogP contribution < -0.4 is 10.6 Å². The van der Waals surface area contributed by atoms with Crippen molar-refractivity contribution in [3.63, 3.8) is 0 Å². The highest BCUT2D eigenvalue weighted by atomic mass is 79.9. The van der Waals surface area contributed by atoms with Gasteiger partial charge in [0.05, 0.1) is 23.9 Å². The maximum absolute atomic E-state index is 13.1. The Balaban J connectivity index is 1.99. The summed E-state index contributed by atoms with van der Waals surface area (Å²) in [5.41, 5.74) is 0.459. The van der Waals surface area contributed by atoms with Gasteiger partial charge < -0.3 is 19.8 Å². The average molecular weight is 380 g/mol. The highest BCUT2D eigenvalue weighted by Gasteiger charge is 2.12. The summed E-state index contributed by atoms with van der Waals surface area (Å²) < 4.78 is 23.9. The van der Waals surface area contributed by atoms with Gasteiger partial charge in [-0.15, -0.1) is 5.10 Å². The van der Waals surface area contributed by atoms with Crippen molar-refractivity contribution >= 4 is 39.2 Å². The molecule has 0 amide bonds. The lowest BCUT2D eigenvalue weighted by Crippen LogP contribution is -2.18. The minimum absolute atomic E-state index is 0.174. The van der Waals surface area contributed by atoms with Crippen LogP contribution in [0.4, 0.5) is 16.1 Å². The lowest BCUT2D eigenvalue weighted by molar-refractivity contribution is 0.198. The van der Waals surface area contributed by atoms with Crippen LogP contribution in [-0.2, 0) is 11.3 Å². The van der Waals surface area contributed by atoms with Gasteiger partial charge in [-0.25, -0.2) is 4.39 Å². The first-order valence-corrected chi connectivity index (χ1v) is 7.21. The van der Waals surface area contributed by atoms with Crippen LogP contribution in [0.25, 0.3) is 0 Å². The fourth-order valence-corrected chi connectivity index (χ4v) is 2.41. The zero-order valence-corrected chi connectivity index (χ0v) is 13.5. The lowest BCUT2D eigenvalue weighted by atomic mass is 10.3. The molecule has 9 heteroatoms. The van der Waals surface area contributed by atoms with Crippen molar-refractivity contribution in [2.24, 2.45) is 0 Å². The van der Waals surface area contributed by atoms with Gasteiger partial charge in [0.25, 0.3) is 0 Å². The Morgan fingerprint density at radius 2 is 2.24 bits per heavy atom. The van der Waals surface area contributed by atoms with Crippen LogP contribution in [-0.4, -0.2) is 30.5 Å². The van der Waals surface area contributed by atoms with Gasteiger partial charge in [-0.2, -0.15) is 0 Å². The Kier molecular flexibility index (Phi) is 5.92. The van der Waals surface area contributed by atoms with E-state index in [0.29, 0.717) is 35.7 Å². The molecule has 1 aromatic heterocycles. The molecular weight excluding hydrogens is 367 g/mol. The highest BCUT2D eigenvalue weighted by molar-refractivity contribution is 9.10. The molecule has 0 atom stereocenters. The van der Waals surface area contributed by atoms with Crippen molar-refractivity contribution in [2.45, 2.75) is 6.54 Å². The van der Waals surface area contributed by atoms with E-state index in [1.54, 1.807) is 7.11 Å². The van der Waals surface area contributed by atoms with Gasteiger partial charge in [-0.1, -0.05) is 16.7 Å². The van der Waals surface area contributed by atoms with Crippen molar-refractivity contribution < 1.29 is 13.5 Å². The van der Waals surface area contributed by atoms with Crippen LogP contribution in [0.1, 0.15) is 5.89 Å². The third kappa shape index (κ3) is 4.63. The van der Waals surface area contributed by atoms with Gasteiger partial charge in [0.1, 0.15) is 5.82 Å². The number of hydrogen-bond donors (Lipinski definition) is 2. The number of methoxy groups -OCH3 is 1. The molecule has 0 saturated carbocycles. The second kappa shape index (κ2) is 7.69. The number of hydrogen-bond acceptors (Lipinski definition) is 6. The van der Waals surface area contributed by atoms with E-state index in [1.807, 2.05) is 0 Å². The summed E-state index contributed by atoms with van der Waals surface area (Å²) in [5.74, 6) is -0.0195. The minimum atomic E-state index is -0.439. The molecular formula is C12H13BrClFN4O2. The summed E-state index contributed by atoms with van der Waals surface area (Å²) in [4.78, 5) is 0. The zero-order valence-electron chi connectivity index (χ0n) is 11.1. The Morgan fingerprint density at radius 1 is 1.43 bits per heavy atom. The Morgan fingerprint density at radius 3 is 2.95 bits per heavy atom. The number of aromatic nitrogens is 2. The predicted octanol–water partition coefficient (Wildman–Crippen LogP) is 3.10. The molecule has 21 heavy (non-hydrogen) atoms. The summed E-state index contributed by atoms with van der Waals surface area (Å²) in [7, 11) is 1.63. The number of ether oxygens (including phenoxy) is 1. The normalized spacial score (nSPS) is 10.9. The second-order valence-electron chi connectivity index (χ2n) is 4.04. The summed E-state index contributed by atoms with van der Waals surface area (Å²) in [6, 6.07) is 2.66. The molecule has 0 aliphatic rings. The molecule has 0 aliphatic carbocycles. The molecule has 0 fully saturated rings. The SMILES string of the molecule is COCCNCc1nnc(Nc2c(Cl)cc(F)cc2Br)o1. The summed E-state index contributed by atoms with van der Waals surface area (Å²) in [5, 5.41) is 13.9. The molecule has 1 heterocycles. The van der Waals surface area contributed by atoms with Gasteiger partial charge >= 0.3 is 6.01 Å². The number of nitrogens with zero attached hydrogens (tertiary/aromatic N) is 2. The minimum Gasteiger partial charge on any atom is -0.406 e. The second-order valence-corrected chi connectivity index (χ2v) is 5.30. The first-order chi connectivity index (χ1) is 10.1. The molecule has 2 aromatic rings. The highest BCUT2D eigenvalue weighted by Crippen LogP contribution is 2.33. The molecule has 0 saturated heterocycles. The molecule has 114 valence electrons. The Bertz CT molecular complexity index is 588. The van der Waals surface area contributed by atoms with E-state index in [1.165, 1.54) is 12.1 Å². The van der Waals surface area contributed by atoms with Crippen LogP contribution in [0.5, 0.6) is 0 Å². The van der Waals surface area contributed by atoms with Crippen LogP contribution in [0, 0.1) is 5.82 Å². The molecule has 0 aliphatic heterocycles. The topological polar surface area (TPSA) is 72.2 Å². The van der Waals surface area contributed by atoms with Gasteiger partial charge in [0.2, 0.25) is 5.89 Å². The smallest absolute Gasteiger partial charge is 0.320 e. The fourth-order valence-electron chi connectivity index (χ4n) is 1.51. The van der Waals surface area contributed by atoms with E-state index in [-0.39, 0.29) is 11.0 Å². The molecule has 2 N–H and O–H groups in total. The van der Waals surface area contributed by atoms with Crippen molar-refractivity contribution in [1.82, 2.24) is 15.5 Å². The number of nitrogens with one attached hydrogen (secondary N) is 2. The van der Waals surface area contributed by atoms with Crippen LogP contribution in [0.15, 0.2) is 21.0 Å². The molecule has 0 unspecified atom stereocenters. The van der Waals surface area contributed by atoms with Crippen molar-refractivity contribution in [3.05, 3.63) is 33.3 Å². The largest absolute Gasteiger partial charge is 0.406 e. The first kappa shape index (κ1) is 16.2. The first-order valence-electron chi connectivity index (χ1n) is 6.03. The van der Waals surface area contributed by atoms with E-state index in [2.05, 4.69) is 36.8 Å².